The Bertz CT molecular complexity index is 48.5. The molecule has 0 aromatic heterocycles. The summed E-state index contributed by atoms with van der Waals surface area (Å²) in [7, 11) is 0. The van der Waals surface area contributed by atoms with Gasteiger partial charge < -0.3 is 15.1 Å². The van der Waals surface area contributed by atoms with Gasteiger partial charge in [0, 0.05) is 0 Å². The second-order valence-electron chi connectivity index (χ2n) is 2.07. The summed E-state index contributed by atoms with van der Waals surface area (Å²) in [4.78, 5) is 2.38. The minimum atomic E-state index is -0.125. The van der Waals surface area contributed by atoms with Crippen LogP contribution >= 0.6 is 0 Å². The number of rotatable bonds is 4. The third-order valence-electron chi connectivity index (χ3n) is 1.44. The number of aliphatic hydroxyl groups is 2. The molecule has 0 aromatic rings. The highest BCUT2D eigenvalue weighted by molar-refractivity contribution is 4.43. The molecule has 0 aliphatic rings. The molecular formula is C8H21NO2. The summed E-state index contributed by atoms with van der Waals surface area (Å²) in [6, 6.07) is 0. The molecule has 0 fully saturated rings. The van der Waals surface area contributed by atoms with Gasteiger partial charge in [0.15, 0.2) is 0 Å². The Hall–Kier alpha value is -0.120. The van der Waals surface area contributed by atoms with Crippen molar-refractivity contribution in [2.24, 2.45) is 0 Å². The fourth-order valence-electron chi connectivity index (χ4n) is 0.671. The maximum absolute atomic E-state index is 7.62. The van der Waals surface area contributed by atoms with Gasteiger partial charge in [-0.3, -0.25) is 0 Å². The Morgan fingerprint density at radius 2 is 1.09 bits per heavy atom. The van der Waals surface area contributed by atoms with Crippen molar-refractivity contribution in [3.05, 3.63) is 0 Å². The van der Waals surface area contributed by atoms with Crippen LogP contribution in [0.2, 0.25) is 0 Å². The Morgan fingerprint density at radius 3 is 1.09 bits per heavy atom. The number of hydrogen-bond acceptors (Lipinski definition) is 3. The van der Waals surface area contributed by atoms with Crippen molar-refractivity contribution in [1.29, 1.82) is 0 Å². The topological polar surface area (TPSA) is 43.7 Å². The second kappa shape index (κ2) is 12.5. The monoisotopic (exact) mass is 163 g/mol. The van der Waals surface area contributed by atoms with Crippen LogP contribution < -0.4 is 0 Å². The molecule has 0 bridgehead atoms. The van der Waals surface area contributed by atoms with E-state index in [0.29, 0.717) is 0 Å². The van der Waals surface area contributed by atoms with E-state index >= 15 is 0 Å². The zero-order valence-electron chi connectivity index (χ0n) is 7.88. The first-order valence-corrected chi connectivity index (χ1v) is 4.20. The summed E-state index contributed by atoms with van der Waals surface area (Å²) in [5, 5.41) is 15.2. The van der Waals surface area contributed by atoms with Crippen molar-refractivity contribution in [2.45, 2.75) is 20.8 Å². The van der Waals surface area contributed by atoms with Crippen molar-refractivity contribution in [2.75, 3.05) is 32.8 Å². The zero-order chi connectivity index (χ0) is 9.11. The fourth-order valence-corrected chi connectivity index (χ4v) is 0.671. The Labute approximate surface area is 69.6 Å². The Kier molecular flexibility index (Phi) is 15.4. The van der Waals surface area contributed by atoms with Crippen molar-refractivity contribution in [3.63, 3.8) is 0 Å². The van der Waals surface area contributed by atoms with E-state index in [0.717, 1.165) is 0 Å². The highest BCUT2D eigenvalue weighted by Gasteiger charge is 1.89. The van der Waals surface area contributed by atoms with E-state index in [-0.39, 0.29) is 13.2 Å². The summed E-state index contributed by atoms with van der Waals surface area (Å²) < 4.78 is 0. The zero-order valence-corrected chi connectivity index (χ0v) is 7.88. The van der Waals surface area contributed by atoms with Crippen molar-refractivity contribution in [1.82, 2.24) is 4.90 Å². The maximum atomic E-state index is 7.62. The van der Waals surface area contributed by atoms with E-state index in [9.17, 15) is 0 Å². The molecule has 0 rings (SSSR count). The smallest absolute Gasteiger partial charge is 0.0662 e. The van der Waals surface area contributed by atoms with E-state index in [1.807, 2.05) is 0 Å². The molecular weight excluding hydrogens is 142 g/mol. The minimum Gasteiger partial charge on any atom is -0.394 e. The maximum Gasteiger partial charge on any atom is 0.0662 e. The molecule has 0 saturated carbocycles. The molecule has 2 N–H and O–H groups in total. The van der Waals surface area contributed by atoms with Gasteiger partial charge in [0.05, 0.1) is 13.2 Å². The van der Waals surface area contributed by atoms with Gasteiger partial charge in [0.25, 0.3) is 0 Å². The normalized spacial score (nSPS) is 9.27. The van der Waals surface area contributed by atoms with Gasteiger partial charge in [-0.15, -0.1) is 0 Å². The fraction of sp³-hybridized carbons (Fsp3) is 1.00. The summed E-state index contributed by atoms with van der Waals surface area (Å²) in [5.74, 6) is 0. The van der Waals surface area contributed by atoms with Crippen LogP contribution in [0.1, 0.15) is 20.8 Å². The summed E-state index contributed by atoms with van der Waals surface area (Å²) in [6.07, 6.45) is 0. The largest absolute Gasteiger partial charge is 0.394 e. The number of nitrogens with zero attached hydrogens (tertiary/aromatic N) is 1. The third-order valence-corrected chi connectivity index (χ3v) is 1.44. The van der Waals surface area contributed by atoms with Crippen LogP contribution in [0.15, 0.2) is 0 Å². The summed E-state index contributed by atoms with van der Waals surface area (Å²) in [5.41, 5.74) is 0. The van der Waals surface area contributed by atoms with E-state index < -0.39 is 0 Å². The molecule has 3 heteroatoms. The molecule has 0 saturated heterocycles. The second-order valence-corrected chi connectivity index (χ2v) is 2.07. The predicted octanol–water partition coefficient (Wildman–Crippen LogP) is 0.319. The van der Waals surface area contributed by atoms with Gasteiger partial charge in [-0.1, -0.05) is 20.8 Å². The van der Waals surface area contributed by atoms with Crippen LogP contribution in [-0.2, 0) is 0 Å². The highest BCUT2D eigenvalue weighted by Crippen LogP contribution is 1.81. The first kappa shape index (κ1) is 13.5. The Morgan fingerprint density at radius 1 is 0.818 bits per heavy atom. The van der Waals surface area contributed by atoms with Crippen molar-refractivity contribution < 1.29 is 10.2 Å². The van der Waals surface area contributed by atoms with Gasteiger partial charge in [-0.2, -0.15) is 0 Å². The van der Waals surface area contributed by atoms with Crippen LogP contribution in [0.5, 0.6) is 0 Å². The van der Waals surface area contributed by atoms with Crippen LogP contribution in [0, 0.1) is 0 Å². The molecule has 0 heterocycles. The number of hydrogen-bond donors (Lipinski definition) is 2. The molecule has 0 aliphatic carbocycles. The lowest BCUT2D eigenvalue weighted by molar-refractivity contribution is 0.186. The minimum absolute atomic E-state index is 0.125. The van der Waals surface area contributed by atoms with Crippen molar-refractivity contribution in [3.8, 4) is 0 Å². The SMILES string of the molecule is CCN(CC)CC.OCCO. The summed E-state index contributed by atoms with van der Waals surface area (Å²) in [6.45, 7) is 9.88. The van der Waals surface area contributed by atoms with E-state index in [4.69, 9.17) is 10.2 Å². The number of aliphatic hydroxyl groups excluding tert-OH is 2. The van der Waals surface area contributed by atoms with Crippen LogP contribution in [0.25, 0.3) is 0 Å². The van der Waals surface area contributed by atoms with Gasteiger partial charge >= 0.3 is 0 Å². The first-order chi connectivity index (χ1) is 5.26. The lowest BCUT2D eigenvalue weighted by Gasteiger charge is -2.13. The molecule has 0 radical (unpaired) electrons. The molecule has 11 heavy (non-hydrogen) atoms. The molecule has 70 valence electrons. The van der Waals surface area contributed by atoms with Crippen LogP contribution in [-0.4, -0.2) is 48.0 Å². The average Bonchev–Trinajstić information content (AvgIpc) is 2.08. The van der Waals surface area contributed by atoms with Crippen LogP contribution in [0.3, 0.4) is 0 Å². The van der Waals surface area contributed by atoms with Gasteiger partial charge in [0.1, 0.15) is 0 Å². The van der Waals surface area contributed by atoms with Gasteiger partial charge in [-0.25, -0.2) is 0 Å². The van der Waals surface area contributed by atoms with Crippen LogP contribution in [0.4, 0.5) is 0 Å². The highest BCUT2D eigenvalue weighted by atomic mass is 16.3. The van der Waals surface area contributed by atoms with E-state index in [1.54, 1.807) is 0 Å². The molecule has 0 amide bonds. The van der Waals surface area contributed by atoms with E-state index in [2.05, 4.69) is 25.7 Å². The molecule has 0 spiro atoms. The quantitative estimate of drug-likeness (QED) is 0.627. The molecule has 0 aliphatic heterocycles. The standard InChI is InChI=1S/C6H15N.C2H6O2/c1-4-7(5-2)6-3;3-1-2-4/h4-6H2,1-3H3;3-4H,1-2H2. The lowest BCUT2D eigenvalue weighted by Crippen LogP contribution is -2.21. The Balaban J connectivity index is 0. The average molecular weight is 163 g/mol. The molecule has 0 unspecified atom stereocenters. The molecule has 3 nitrogen and oxygen atoms in total. The predicted molar refractivity (Wildman–Crippen MR) is 47.6 cm³/mol. The molecule has 0 aromatic carbocycles. The summed E-state index contributed by atoms with van der Waals surface area (Å²) >= 11 is 0. The van der Waals surface area contributed by atoms with E-state index in [1.165, 1.54) is 19.6 Å². The third kappa shape index (κ3) is 13.0. The molecule has 0 atom stereocenters. The van der Waals surface area contributed by atoms with Gasteiger partial charge in [-0.05, 0) is 19.6 Å². The van der Waals surface area contributed by atoms with Crippen molar-refractivity contribution >= 4 is 0 Å². The van der Waals surface area contributed by atoms with Gasteiger partial charge in [0.2, 0.25) is 0 Å². The lowest BCUT2D eigenvalue weighted by atomic mass is 10.5. The first-order valence-electron chi connectivity index (χ1n) is 4.20.